The van der Waals surface area contributed by atoms with Gasteiger partial charge < -0.3 is 4.74 Å². The van der Waals surface area contributed by atoms with Crippen LogP contribution in [-0.2, 0) is 4.74 Å². The summed E-state index contributed by atoms with van der Waals surface area (Å²) < 4.78 is 5.30. The third kappa shape index (κ3) is 2.86. The lowest BCUT2D eigenvalue weighted by Crippen LogP contribution is -2.24. The molecule has 0 fully saturated rings. The Morgan fingerprint density at radius 2 is 1.89 bits per heavy atom. The number of esters is 1. The Hall–Kier alpha value is -1.90. The van der Waals surface area contributed by atoms with E-state index >= 15 is 0 Å². The molecular weight excluding hydrogens is 226 g/mol. The third-order valence-corrected chi connectivity index (χ3v) is 2.49. The summed E-state index contributed by atoms with van der Waals surface area (Å²) in [4.78, 5) is 16.1. The maximum absolute atomic E-state index is 11.9. The smallest absolute Gasteiger partial charge is 0.357 e. The van der Waals surface area contributed by atoms with Crippen molar-refractivity contribution < 1.29 is 9.53 Å². The summed E-state index contributed by atoms with van der Waals surface area (Å²) in [5, 5.41) is 2.03. The molecular formula is C15H17NO2. The summed E-state index contributed by atoms with van der Waals surface area (Å²) in [6.07, 6.45) is 1.70. The quantitative estimate of drug-likeness (QED) is 0.719. The van der Waals surface area contributed by atoms with E-state index in [1.54, 1.807) is 12.3 Å². The molecule has 0 spiro atoms. The number of rotatable bonds is 1. The van der Waals surface area contributed by atoms with Crippen molar-refractivity contribution in [3.05, 3.63) is 41.7 Å². The first-order valence-electron chi connectivity index (χ1n) is 5.95. The first kappa shape index (κ1) is 12.6. The molecule has 3 heteroatoms. The molecule has 18 heavy (non-hydrogen) atoms. The standard InChI is InChI=1S/C15H17NO2/c1-10-5-6-11-9-16-13(8-12(11)7-10)14(17)18-15(2,3)4/h5-9H,1-4H3. The van der Waals surface area contributed by atoms with E-state index in [2.05, 4.69) is 4.98 Å². The van der Waals surface area contributed by atoms with Crippen LogP contribution < -0.4 is 0 Å². The van der Waals surface area contributed by atoms with Gasteiger partial charge in [-0.3, -0.25) is 0 Å². The molecule has 0 aliphatic heterocycles. The summed E-state index contributed by atoms with van der Waals surface area (Å²) >= 11 is 0. The molecule has 0 aliphatic carbocycles. The molecule has 1 aromatic carbocycles. The fourth-order valence-electron chi connectivity index (χ4n) is 1.70. The number of fused-ring (bicyclic) bond motifs is 1. The van der Waals surface area contributed by atoms with Gasteiger partial charge in [-0.1, -0.05) is 23.8 Å². The fourth-order valence-corrected chi connectivity index (χ4v) is 1.70. The van der Waals surface area contributed by atoms with Crippen LogP contribution in [0, 0.1) is 6.92 Å². The van der Waals surface area contributed by atoms with Crippen LogP contribution in [-0.4, -0.2) is 16.6 Å². The zero-order valence-electron chi connectivity index (χ0n) is 11.2. The zero-order chi connectivity index (χ0) is 13.3. The van der Waals surface area contributed by atoms with Gasteiger partial charge in [0.2, 0.25) is 0 Å². The van der Waals surface area contributed by atoms with E-state index in [4.69, 9.17) is 4.74 Å². The van der Waals surface area contributed by atoms with Crippen LogP contribution >= 0.6 is 0 Å². The van der Waals surface area contributed by atoms with Crippen LogP contribution in [0.4, 0.5) is 0 Å². The molecule has 2 rings (SSSR count). The second-order valence-electron chi connectivity index (χ2n) is 5.42. The Labute approximate surface area is 107 Å². The molecule has 0 aliphatic rings. The van der Waals surface area contributed by atoms with Crippen molar-refractivity contribution in [1.29, 1.82) is 0 Å². The number of carbonyl (C=O) groups excluding carboxylic acids is 1. The van der Waals surface area contributed by atoms with Crippen molar-refractivity contribution in [3.8, 4) is 0 Å². The fraction of sp³-hybridized carbons (Fsp3) is 0.333. The summed E-state index contributed by atoms with van der Waals surface area (Å²) in [5.74, 6) is -0.383. The summed E-state index contributed by atoms with van der Waals surface area (Å²) in [5.41, 5.74) is 1.01. The van der Waals surface area contributed by atoms with Gasteiger partial charge >= 0.3 is 5.97 Å². The van der Waals surface area contributed by atoms with Gasteiger partial charge in [0, 0.05) is 11.6 Å². The molecule has 0 saturated carbocycles. The Kier molecular flexibility index (Phi) is 3.07. The number of pyridine rings is 1. The van der Waals surface area contributed by atoms with Gasteiger partial charge in [-0.15, -0.1) is 0 Å². The average Bonchev–Trinajstić information content (AvgIpc) is 2.25. The van der Waals surface area contributed by atoms with Gasteiger partial charge in [-0.05, 0) is 39.1 Å². The van der Waals surface area contributed by atoms with E-state index in [1.807, 2.05) is 45.9 Å². The second kappa shape index (κ2) is 4.41. The maximum atomic E-state index is 11.9. The van der Waals surface area contributed by atoms with Gasteiger partial charge in [-0.25, -0.2) is 9.78 Å². The van der Waals surface area contributed by atoms with E-state index in [9.17, 15) is 4.79 Å². The molecule has 0 atom stereocenters. The minimum atomic E-state index is -0.500. The summed E-state index contributed by atoms with van der Waals surface area (Å²) in [6, 6.07) is 7.83. The minimum Gasteiger partial charge on any atom is -0.455 e. The monoisotopic (exact) mass is 243 g/mol. The number of aromatic nitrogens is 1. The van der Waals surface area contributed by atoms with Gasteiger partial charge in [0.1, 0.15) is 11.3 Å². The van der Waals surface area contributed by atoms with Crippen LogP contribution in [0.25, 0.3) is 10.8 Å². The molecule has 94 valence electrons. The van der Waals surface area contributed by atoms with Crippen LogP contribution in [0.2, 0.25) is 0 Å². The normalized spacial score (nSPS) is 11.6. The van der Waals surface area contributed by atoms with Crippen LogP contribution in [0.15, 0.2) is 30.5 Å². The molecule has 0 bridgehead atoms. The van der Waals surface area contributed by atoms with E-state index in [0.29, 0.717) is 5.69 Å². The van der Waals surface area contributed by atoms with Crippen LogP contribution in [0.5, 0.6) is 0 Å². The predicted octanol–water partition coefficient (Wildman–Crippen LogP) is 3.50. The highest BCUT2D eigenvalue weighted by Crippen LogP contribution is 2.17. The van der Waals surface area contributed by atoms with Crippen molar-refractivity contribution >= 4 is 16.7 Å². The van der Waals surface area contributed by atoms with Crippen molar-refractivity contribution in [2.24, 2.45) is 0 Å². The zero-order valence-corrected chi connectivity index (χ0v) is 11.2. The molecule has 1 aromatic heterocycles. The number of aryl methyl sites for hydroxylation is 1. The van der Waals surface area contributed by atoms with E-state index in [-0.39, 0.29) is 5.97 Å². The Bertz CT molecular complexity index is 597. The summed E-state index contributed by atoms with van der Waals surface area (Å²) in [7, 11) is 0. The number of carbonyl (C=O) groups is 1. The van der Waals surface area contributed by atoms with Crippen molar-refractivity contribution in [2.75, 3.05) is 0 Å². The highest BCUT2D eigenvalue weighted by atomic mass is 16.6. The Balaban J connectivity index is 2.37. The number of hydrogen-bond acceptors (Lipinski definition) is 3. The minimum absolute atomic E-state index is 0.350. The van der Waals surface area contributed by atoms with Crippen LogP contribution in [0.3, 0.4) is 0 Å². The molecule has 0 amide bonds. The molecule has 1 heterocycles. The van der Waals surface area contributed by atoms with E-state index in [0.717, 1.165) is 16.3 Å². The Morgan fingerprint density at radius 3 is 2.56 bits per heavy atom. The molecule has 2 aromatic rings. The maximum Gasteiger partial charge on any atom is 0.357 e. The van der Waals surface area contributed by atoms with Crippen molar-refractivity contribution in [1.82, 2.24) is 4.98 Å². The highest BCUT2D eigenvalue weighted by Gasteiger charge is 2.18. The SMILES string of the molecule is Cc1ccc2cnc(C(=O)OC(C)(C)C)cc2c1. The predicted molar refractivity (Wildman–Crippen MR) is 71.6 cm³/mol. The summed E-state index contributed by atoms with van der Waals surface area (Å²) in [6.45, 7) is 7.55. The number of nitrogens with zero attached hydrogens (tertiary/aromatic N) is 1. The number of ether oxygens (including phenoxy) is 1. The number of benzene rings is 1. The van der Waals surface area contributed by atoms with E-state index < -0.39 is 5.60 Å². The van der Waals surface area contributed by atoms with Gasteiger partial charge in [0.25, 0.3) is 0 Å². The highest BCUT2D eigenvalue weighted by molar-refractivity contribution is 5.93. The molecule has 0 saturated heterocycles. The van der Waals surface area contributed by atoms with Gasteiger partial charge in [-0.2, -0.15) is 0 Å². The molecule has 0 N–H and O–H groups in total. The van der Waals surface area contributed by atoms with Crippen molar-refractivity contribution in [2.45, 2.75) is 33.3 Å². The van der Waals surface area contributed by atoms with Gasteiger partial charge in [0.05, 0.1) is 0 Å². The third-order valence-electron chi connectivity index (χ3n) is 2.49. The van der Waals surface area contributed by atoms with Crippen LogP contribution in [0.1, 0.15) is 36.8 Å². The Morgan fingerprint density at radius 1 is 1.17 bits per heavy atom. The topological polar surface area (TPSA) is 39.2 Å². The average molecular weight is 243 g/mol. The van der Waals surface area contributed by atoms with Crippen molar-refractivity contribution in [3.63, 3.8) is 0 Å². The van der Waals surface area contributed by atoms with E-state index in [1.165, 1.54) is 0 Å². The molecule has 0 unspecified atom stereocenters. The number of hydrogen-bond donors (Lipinski definition) is 0. The molecule has 3 nitrogen and oxygen atoms in total. The first-order chi connectivity index (χ1) is 8.35. The lowest BCUT2D eigenvalue weighted by atomic mass is 10.1. The second-order valence-corrected chi connectivity index (χ2v) is 5.42. The largest absolute Gasteiger partial charge is 0.455 e. The lowest BCUT2D eigenvalue weighted by Gasteiger charge is -2.19. The molecule has 0 radical (unpaired) electrons. The van der Waals surface area contributed by atoms with Gasteiger partial charge in [0.15, 0.2) is 0 Å². The lowest BCUT2D eigenvalue weighted by molar-refractivity contribution is 0.00631. The first-order valence-corrected chi connectivity index (χ1v) is 5.95.